The zero-order valence-corrected chi connectivity index (χ0v) is 22.1. The van der Waals surface area contributed by atoms with Crippen molar-refractivity contribution in [3.8, 4) is 5.75 Å². The first-order valence-electron chi connectivity index (χ1n) is 12.4. The van der Waals surface area contributed by atoms with Crippen molar-refractivity contribution in [2.75, 3.05) is 18.6 Å². The second-order valence-electron chi connectivity index (χ2n) is 9.80. The number of nitrogens with zero attached hydrogens (tertiary/aromatic N) is 1. The molecule has 1 saturated heterocycles. The smallest absolute Gasteiger partial charge is 0.338 e. The number of anilines is 1. The fraction of sp³-hybridized carbons (Fsp3) is 0.258. The molecule has 7 nitrogen and oxygen atoms in total. The summed E-state index contributed by atoms with van der Waals surface area (Å²) in [6.45, 7) is 7.91. The first kappa shape index (κ1) is 26.7. The number of Topliss-reactive ketones (excluding diaryl/α,β-unsaturated/α-hetero) is 1. The zero-order chi connectivity index (χ0) is 27.6. The van der Waals surface area contributed by atoms with E-state index in [0.29, 0.717) is 40.3 Å². The summed E-state index contributed by atoms with van der Waals surface area (Å²) >= 11 is 0. The van der Waals surface area contributed by atoms with Crippen LogP contribution in [0.15, 0.2) is 72.3 Å². The topological polar surface area (TPSA) is 93.1 Å². The van der Waals surface area contributed by atoms with Gasteiger partial charge in [-0.3, -0.25) is 14.5 Å². The number of aliphatic hydroxyl groups is 1. The minimum absolute atomic E-state index is 0.00529. The van der Waals surface area contributed by atoms with Gasteiger partial charge in [0.2, 0.25) is 0 Å². The third-order valence-corrected chi connectivity index (χ3v) is 6.42. The molecule has 1 aliphatic rings. The van der Waals surface area contributed by atoms with Crippen molar-refractivity contribution in [2.24, 2.45) is 5.92 Å². The number of methoxy groups -OCH3 is 1. The van der Waals surface area contributed by atoms with Crippen molar-refractivity contribution in [2.45, 2.75) is 33.7 Å². The average molecular weight is 514 g/mol. The number of carbonyl (C=O) groups is 3. The summed E-state index contributed by atoms with van der Waals surface area (Å²) in [4.78, 5) is 40.6. The summed E-state index contributed by atoms with van der Waals surface area (Å²) in [6, 6.07) is 18.1. The highest BCUT2D eigenvalue weighted by molar-refractivity contribution is 6.51. The Bertz CT molecular complexity index is 1420. The van der Waals surface area contributed by atoms with Gasteiger partial charge in [-0.2, -0.15) is 0 Å². The predicted molar refractivity (Wildman–Crippen MR) is 145 cm³/mol. The predicted octanol–water partition coefficient (Wildman–Crippen LogP) is 5.75. The molecule has 3 aromatic carbocycles. The number of hydrogen-bond donors (Lipinski definition) is 1. The molecule has 1 unspecified atom stereocenters. The Balaban J connectivity index is 1.82. The van der Waals surface area contributed by atoms with Crippen LogP contribution in [0.4, 0.5) is 5.69 Å². The summed E-state index contributed by atoms with van der Waals surface area (Å²) in [5.74, 6) is -1.46. The standard InChI is InChI=1S/C31H31NO6/c1-18(2)17-38-31(36)21-9-11-23(12-10-21)32-27(22-8-6-7-19(3)15-22)26(29(34)30(32)35)28(33)25-14-13-24(37-5)16-20(25)4/h6-16,18,27,33H,17H2,1-5H3/b28-26-. The number of benzene rings is 3. The minimum atomic E-state index is -0.866. The van der Waals surface area contributed by atoms with Gasteiger partial charge < -0.3 is 14.6 Å². The highest BCUT2D eigenvalue weighted by atomic mass is 16.5. The lowest BCUT2D eigenvalue weighted by Gasteiger charge is -2.26. The maximum absolute atomic E-state index is 13.4. The molecule has 0 spiro atoms. The summed E-state index contributed by atoms with van der Waals surface area (Å²) < 4.78 is 10.6. The summed E-state index contributed by atoms with van der Waals surface area (Å²) in [6.07, 6.45) is 0. The zero-order valence-electron chi connectivity index (χ0n) is 22.1. The van der Waals surface area contributed by atoms with Gasteiger partial charge in [-0.05, 0) is 73.4 Å². The Morgan fingerprint density at radius 1 is 1.00 bits per heavy atom. The van der Waals surface area contributed by atoms with Gasteiger partial charge in [0, 0.05) is 11.3 Å². The molecule has 7 heteroatoms. The van der Waals surface area contributed by atoms with Crippen molar-refractivity contribution in [1.29, 1.82) is 0 Å². The number of amides is 1. The third kappa shape index (κ3) is 5.18. The van der Waals surface area contributed by atoms with E-state index in [2.05, 4.69) is 0 Å². The lowest BCUT2D eigenvalue weighted by Crippen LogP contribution is -2.29. The van der Waals surface area contributed by atoms with E-state index < -0.39 is 23.7 Å². The maximum Gasteiger partial charge on any atom is 0.338 e. The molecule has 0 saturated carbocycles. The molecule has 0 radical (unpaired) electrons. The van der Waals surface area contributed by atoms with Crippen molar-refractivity contribution >= 4 is 29.1 Å². The largest absolute Gasteiger partial charge is 0.507 e. The highest BCUT2D eigenvalue weighted by Crippen LogP contribution is 2.43. The number of ether oxygens (including phenoxy) is 2. The Morgan fingerprint density at radius 2 is 1.71 bits per heavy atom. The van der Waals surface area contributed by atoms with E-state index >= 15 is 0 Å². The molecule has 1 aliphatic heterocycles. The van der Waals surface area contributed by atoms with Crippen LogP contribution in [-0.4, -0.2) is 36.5 Å². The van der Waals surface area contributed by atoms with Crippen molar-refractivity contribution in [3.63, 3.8) is 0 Å². The molecule has 196 valence electrons. The lowest BCUT2D eigenvalue weighted by atomic mass is 9.93. The van der Waals surface area contributed by atoms with Gasteiger partial charge in [0.25, 0.3) is 11.7 Å². The number of hydrogen-bond acceptors (Lipinski definition) is 6. The molecule has 1 amide bonds. The summed E-state index contributed by atoms with van der Waals surface area (Å²) in [5, 5.41) is 11.4. The van der Waals surface area contributed by atoms with Crippen LogP contribution in [0.25, 0.3) is 5.76 Å². The van der Waals surface area contributed by atoms with E-state index in [4.69, 9.17) is 9.47 Å². The molecule has 3 aromatic rings. The fourth-order valence-corrected chi connectivity index (χ4v) is 4.51. The number of rotatable bonds is 7. The van der Waals surface area contributed by atoms with Gasteiger partial charge in [0.05, 0.1) is 30.9 Å². The Kier molecular flexibility index (Phi) is 7.67. The van der Waals surface area contributed by atoms with Crippen LogP contribution >= 0.6 is 0 Å². The summed E-state index contributed by atoms with van der Waals surface area (Å²) in [7, 11) is 1.55. The van der Waals surface area contributed by atoms with Crippen LogP contribution in [0.3, 0.4) is 0 Å². The van der Waals surface area contributed by atoms with Gasteiger partial charge in [0.15, 0.2) is 0 Å². The molecule has 1 N–H and O–H groups in total. The van der Waals surface area contributed by atoms with Gasteiger partial charge in [-0.15, -0.1) is 0 Å². The number of aliphatic hydroxyl groups excluding tert-OH is 1. The molecule has 38 heavy (non-hydrogen) atoms. The minimum Gasteiger partial charge on any atom is -0.507 e. The van der Waals surface area contributed by atoms with Crippen LogP contribution in [0, 0.1) is 19.8 Å². The molecular weight excluding hydrogens is 482 g/mol. The monoisotopic (exact) mass is 513 g/mol. The van der Waals surface area contributed by atoms with Gasteiger partial charge in [-0.1, -0.05) is 43.7 Å². The lowest BCUT2D eigenvalue weighted by molar-refractivity contribution is -0.132. The van der Waals surface area contributed by atoms with Crippen molar-refractivity contribution in [1.82, 2.24) is 0 Å². The van der Waals surface area contributed by atoms with Crippen molar-refractivity contribution in [3.05, 3.63) is 100 Å². The fourth-order valence-electron chi connectivity index (χ4n) is 4.51. The van der Waals surface area contributed by atoms with E-state index in [0.717, 1.165) is 5.56 Å². The average Bonchev–Trinajstić information content (AvgIpc) is 3.17. The van der Waals surface area contributed by atoms with Crippen LogP contribution in [-0.2, 0) is 14.3 Å². The first-order chi connectivity index (χ1) is 18.1. The van der Waals surface area contributed by atoms with Crippen LogP contribution in [0.1, 0.15) is 52.5 Å². The highest BCUT2D eigenvalue weighted by Gasteiger charge is 2.47. The van der Waals surface area contributed by atoms with Crippen LogP contribution in [0.2, 0.25) is 0 Å². The van der Waals surface area contributed by atoms with Gasteiger partial charge >= 0.3 is 5.97 Å². The molecular formula is C31H31NO6. The Labute approximate surface area is 222 Å². The molecule has 4 rings (SSSR count). The number of esters is 1. The third-order valence-electron chi connectivity index (χ3n) is 6.42. The van der Waals surface area contributed by atoms with Crippen LogP contribution in [0.5, 0.6) is 5.75 Å². The Hall–Kier alpha value is -4.39. The quantitative estimate of drug-likeness (QED) is 0.187. The normalized spacial score (nSPS) is 16.7. The second kappa shape index (κ2) is 10.9. The van der Waals surface area contributed by atoms with E-state index in [1.54, 1.807) is 56.5 Å². The number of carbonyl (C=O) groups excluding carboxylic acids is 3. The maximum atomic E-state index is 13.4. The number of aryl methyl sites for hydroxylation is 2. The van der Waals surface area contributed by atoms with E-state index in [1.807, 2.05) is 45.0 Å². The SMILES string of the molecule is COc1ccc(/C(O)=C2/C(=O)C(=O)N(c3ccc(C(=O)OCC(C)C)cc3)C2c2cccc(C)c2)c(C)c1. The molecule has 1 atom stereocenters. The molecule has 1 heterocycles. The molecule has 0 aliphatic carbocycles. The first-order valence-corrected chi connectivity index (χ1v) is 12.4. The van der Waals surface area contributed by atoms with Gasteiger partial charge in [-0.25, -0.2) is 4.79 Å². The van der Waals surface area contributed by atoms with Crippen molar-refractivity contribution < 1.29 is 29.0 Å². The molecule has 0 bridgehead atoms. The second-order valence-corrected chi connectivity index (χ2v) is 9.80. The Morgan fingerprint density at radius 3 is 2.32 bits per heavy atom. The van der Waals surface area contributed by atoms with Gasteiger partial charge in [0.1, 0.15) is 11.5 Å². The number of ketones is 1. The molecule has 1 fully saturated rings. The van der Waals surface area contributed by atoms with E-state index in [1.165, 1.54) is 4.90 Å². The van der Waals surface area contributed by atoms with E-state index in [9.17, 15) is 19.5 Å². The van der Waals surface area contributed by atoms with E-state index in [-0.39, 0.29) is 17.3 Å². The van der Waals surface area contributed by atoms with Crippen LogP contribution < -0.4 is 9.64 Å². The summed E-state index contributed by atoms with van der Waals surface area (Å²) in [5.41, 5.74) is 3.50. The molecule has 0 aromatic heterocycles.